The van der Waals surface area contributed by atoms with Crippen LogP contribution in [-0.4, -0.2) is 43.3 Å². The summed E-state index contributed by atoms with van der Waals surface area (Å²) in [5.41, 5.74) is 0. The van der Waals surface area contributed by atoms with Crippen molar-refractivity contribution in [2.75, 3.05) is 19.3 Å². The smallest absolute Gasteiger partial charge is 0.213 e. The summed E-state index contributed by atoms with van der Waals surface area (Å²) >= 11 is 0. The van der Waals surface area contributed by atoms with E-state index in [0.29, 0.717) is 0 Å². The van der Waals surface area contributed by atoms with Crippen molar-refractivity contribution in [2.24, 2.45) is 0 Å². The molecule has 0 fully saturated rings. The van der Waals surface area contributed by atoms with Gasteiger partial charge in [-0.2, -0.15) is 0 Å². The maximum absolute atomic E-state index is 11.0. The second-order valence-electron chi connectivity index (χ2n) is 2.53. The first-order chi connectivity index (χ1) is 4.90. The molecule has 0 saturated heterocycles. The van der Waals surface area contributed by atoms with Crippen LogP contribution in [0.2, 0.25) is 0 Å². The third-order valence-electron chi connectivity index (χ3n) is 1.36. The molecule has 0 aromatic rings. The molecule has 0 bridgehead atoms. The number of sulfonamides is 1. The monoisotopic (exact) mass is 181 g/mol. The average molecular weight is 181 g/mol. The van der Waals surface area contributed by atoms with Crippen molar-refractivity contribution in [2.45, 2.75) is 20.0 Å². The van der Waals surface area contributed by atoms with Gasteiger partial charge < -0.3 is 5.11 Å². The first-order valence-corrected chi connectivity index (χ1v) is 5.13. The van der Waals surface area contributed by atoms with Gasteiger partial charge >= 0.3 is 0 Å². The average Bonchev–Trinajstić information content (AvgIpc) is 1.86. The number of aliphatic hydroxyl groups excluding tert-OH is 1. The highest BCUT2D eigenvalue weighted by Crippen LogP contribution is 1.98. The van der Waals surface area contributed by atoms with E-state index in [4.69, 9.17) is 5.11 Å². The van der Waals surface area contributed by atoms with Gasteiger partial charge in [0.05, 0.1) is 11.9 Å². The molecular weight excluding hydrogens is 166 g/mol. The molecule has 0 amide bonds. The van der Waals surface area contributed by atoms with E-state index in [1.165, 1.54) is 7.05 Å². The van der Waals surface area contributed by atoms with E-state index in [0.717, 1.165) is 4.31 Å². The van der Waals surface area contributed by atoms with Gasteiger partial charge in [-0.3, -0.25) is 0 Å². The second kappa shape index (κ2) is 4.04. The van der Waals surface area contributed by atoms with E-state index >= 15 is 0 Å². The van der Waals surface area contributed by atoms with Gasteiger partial charge in [-0.1, -0.05) is 0 Å². The molecule has 0 aliphatic rings. The van der Waals surface area contributed by atoms with Gasteiger partial charge in [-0.15, -0.1) is 0 Å². The van der Waals surface area contributed by atoms with Crippen LogP contribution in [0.5, 0.6) is 0 Å². The van der Waals surface area contributed by atoms with Crippen LogP contribution < -0.4 is 0 Å². The van der Waals surface area contributed by atoms with E-state index < -0.39 is 16.1 Å². The summed E-state index contributed by atoms with van der Waals surface area (Å²) in [7, 11) is -1.66. The van der Waals surface area contributed by atoms with Gasteiger partial charge in [0.2, 0.25) is 10.0 Å². The quantitative estimate of drug-likeness (QED) is 0.645. The molecule has 0 aliphatic carbocycles. The van der Waals surface area contributed by atoms with E-state index in [9.17, 15) is 8.42 Å². The van der Waals surface area contributed by atoms with Gasteiger partial charge in [0.1, 0.15) is 0 Å². The maximum Gasteiger partial charge on any atom is 0.213 e. The molecule has 5 heteroatoms. The molecule has 68 valence electrons. The van der Waals surface area contributed by atoms with Crippen LogP contribution in [0.15, 0.2) is 0 Å². The Morgan fingerprint density at radius 1 is 1.55 bits per heavy atom. The topological polar surface area (TPSA) is 57.6 Å². The fraction of sp³-hybridized carbons (Fsp3) is 1.00. The molecule has 0 heterocycles. The third-order valence-corrected chi connectivity index (χ3v) is 3.19. The highest BCUT2D eigenvalue weighted by molar-refractivity contribution is 7.89. The highest BCUT2D eigenvalue weighted by Gasteiger charge is 2.15. The summed E-state index contributed by atoms with van der Waals surface area (Å²) in [5, 5.41) is 8.88. The number of likely N-dealkylation sites (N-methyl/N-ethyl adjacent to an activating group) is 1. The number of hydrogen-bond donors (Lipinski definition) is 1. The molecule has 4 nitrogen and oxygen atoms in total. The maximum atomic E-state index is 11.0. The minimum atomic E-state index is -3.12. The Balaban J connectivity index is 4.14. The van der Waals surface area contributed by atoms with Gasteiger partial charge in [0.15, 0.2) is 0 Å². The number of hydrogen-bond acceptors (Lipinski definition) is 3. The van der Waals surface area contributed by atoms with Crippen molar-refractivity contribution >= 4 is 10.0 Å². The molecule has 0 spiro atoms. The fourth-order valence-corrected chi connectivity index (χ4v) is 1.59. The van der Waals surface area contributed by atoms with Crippen LogP contribution in [0, 0.1) is 0 Å². The lowest BCUT2D eigenvalue weighted by atomic mass is 10.4. The lowest BCUT2D eigenvalue weighted by molar-refractivity contribution is 0.171. The second-order valence-corrected chi connectivity index (χ2v) is 4.89. The van der Waals surface area contributed by atoms with Crippen LogP contribution in [0.25, 0.3) is 0 Å². The largest absolute Gasteiger partial charge is 0.392 e. The zero-order chi connectivity index (χ0) is 9.07. The zero-order valence-electron chi connectivity index (χ0n) is 7.11. The molecule has 1 atom stereocenters. The Morgan fingerprint density at radius 2 is 2.00 bits per heavy atom. The zero-order valence-corrected chi connectivity index (χ0v) is 7.93. The molecule has 0 aromatic heterocycles. The fourth-order valence-electron chi connectivity index (χ4n) is 0.706. The molecule has 11 heavy (non-hydrogen) atoms. The molecule has 1 unspecified atom stereocenters. The lowest BCUT2D eigenvalue weighted by Gasteiger charge is -2.16. The minimum Gasteiger partial charge on any atom is -0.392 e. The number of nitrogens with zero attached hydrogens (tertiary/aromatic N) is 1. The first kappa shape index (κ1) is 10.9. The van der Waals surface area contributed by atoms with E-state index in [1.807, 2.05) is 0 Å². The summed E-state index contributed by atoms with van der Waals surface area (Å²) in [6, 6.07) is 0. The Labute approximate surface area is 67.9 Å². The van der Waals surface area contributed by atoms with Crippen LogP contribution in [-0.2, 0) is 10.0 Å². The standard InChI is InChI=1S/C6H15NO3S/c1-4-11(9,10)7(3)5-6(2)8/h6,8H,4-5H2,1-3H3. The molecular formula is C6H15NO3S. The number of aliphatic hydroxyl groups is 1. The summed E-state index contributed by atoms with van der Waals surface area (Å²) in [5.74, 6) is 0.0796. The van der Waals surface area contributed by atoms with E-state index in [1.54, 1.807) is 13.8 Å². The third kappa shape index (κ3) is 3.69. The lowest BCUT2D eigenvalue weighted by Crippen LogP contribution is -2.34. The summed E-state index contributed by atoms with van der Waals surface area (Å²) in [4.78, 5) is 0. The van der Waals surface area contributed by atoms with Gasteiger partial charge in [0.25, 0.3) is 0 Å². The molecule has 0 rings (SSSR count). The SMILES string of the molecule is CCS(=O)(=O)N(C)CC(C)O. The van der Waals surface area contributed by atoms with Crippen LogP contribution in [0.1, 0.15) is 13.8 Å². The van der Waals surface area contributed by atoms with Crippen molar-refractivity contribution in [3.63, 3.8) is 0 Å². The molecule has 0 aromatic carbocycles. The van der Waals surface area contributed by atoms with Gasteiger partial charge in [0, 0.05) is 13.6 Å². The van der Waals surface area contributed by atoms with Crippen LogP contribution in [0.4, 0.5) is 0 Å². The summed E-state index contributed by atoms with van der Waals surface area (Å²) in [6.45, 7) is 3.30. The van der Waals surface area contributed by atoms with Crippen molar-refractivity contribution in [1.82, 2.24) is 4.31 Å². The normalized spacial score (nSPS) is 15.4. The Bertz CT molecular complexity index is 198. The van der Waals surface area contributed by atoms with Gasteiger partial charge in [-0.05, 0) is 13.8 Å². The van der Waals surface area contributed by atoms with Crippen molar-refractivity contribution in [3.05, 3.63) is 0 Å². The minimum absolute atomic E-state index is 0.0796. The van der Waals surface area contributed by atoms with Crippen molar-refractivity contribution in [1.29, 1.82) is 0 Å². The van der Waals surface area contributed by atoms with E-state index in [-0.39, 0.29) is 12.3 Å². The molecule has 1 N–H and O–H groups in total. The van der Waals surface area contributed by atoms with Crippen LogP contribution in [0.3, 0.4) is 0 Å². The van der Waals surface area contributed by atoms with Crippen LogP contribution >= 0.6 is 0 Å². The number of rotatable bonds is 4. The Kier molecular flexibility index (Phi) is 3.99. The predicted molar refractivity (Wildman–Crippen MR) is 43.8 cm³/mol. The Hall–Kier alpha value is -0.130. The molecule has 0 aliphatic heterocycles. The first-order valence-electron chi connectivity index (χ1n) is 3.52. The predicted octanol–water partition coefficient (Wildman–Crippen LogP) is -0.351. The van der Waals surface area contributed by atoms with E-state index in [2.05, 4.69) is 0 Å². The summed E-state index contributed by atoms with van der Waals surface area (Å²) in [6.07, 6.45) is -0.610. The highest BCUT2D eigenvalue weighted by atomic mass is 32.2. The van der Waals surface area contributed by atoms with Crippen molar-refractivity contribution in [3.8, 4) is 0 Å². The molecule has 0 saturated carbocycles. The molecule has 0 radical (unpaired) electrons. The van der Waals surface area contributed by atoms with Gasteiger partial charge in [-0.25, -0.2) is 12.7 Å². The Morgan fingerprint density at radius 3 is 2.27 bits per heavy atom. The van der Waals surface area contributed by atoms with Crippen molar-refractivity contribution < 1.29 is 13.5 Å². The summed E-state index contributed by atoms with van der Waals surface area (Å²) < 4.78 is 23.3.